The van der Waals surface area contributed by atoms with Crippen molar-refractivity contribution in [2.75, 3.05) is 0 Å². The van der Waals surface area contributed by atoms with Crippen LogP contribution in [0.5, 0.6) is 0 Å². The molecule has 0 fully saturated rings. The van der Waals surface area contributed by atoms with Crippen molar-refractivity contribution in [3.63, 3.8) is 0 Å². The molecule has 0 aliphatic rings. The molecule has 0 nitrogen and oxygen atoms in total. The van der Waals surface area contributed by atoms with Crippen molar-refractivity contribution in [1.29, 1.82) is 0 Å². The van der Waals surface area contributed by atoms with E-state index in [0.29, 0.717) is 0 Å². The number of hydrogen-bond acceptors (Lipinski definition) is 0. The second-order valence-corrected chi connectivity index (χ2v) is 11.6. The lowest BCUT2D eigenvalue weighted by Gasteiger charge is -2.20. The Morgan fingerprint density at radius 3 is 0.938 bits per heavy atom. The van der Waals surface area contributed by atoms with Gasteiger partial charge < -0.3 is 0 Å². The molecule has 2 atom stereocenters. The SMILES string of the molecule is CC.CC.CC.CC.CC.CC.c1ccc(PCc2ccc3ccccc3c2-c2c(CPc3ccccc3)ccc3ccccc23)cc1. The molecule has 0 amide bonds. The molecule has 6 aromatic rings. The number of rotatable bonds is 7. The smallest absolute Gasteiger partial charge is 0.00538 e. The number of fused-ring (bicyclic) bond motifs is 2. The van der Waals surface area contributed by atoms with Gasteiger partial charge in [-0.2, -0.15) is 0 Å². The average molecular weight is 679 g/mol. The molecule has 2 unspecified atom stereocenters. The fourth-order valence-electron chi connectivity index (χ4n) is 5.03. The molecule has 0 spiro atoms. The Kier molecular flexibility index (Phi) is 26.7. The molecule has 0 heterocycles. The number of hydrogen-bond donors (Lipinski definition) is 0. The van der Waals surface area contributed by atoms with Gasteiger partial charge in [0, 0.05) is 0 Å². The summed E-state index contributed by atoms with van der Waals surface area (Å²) in [5, 5.41) is 8.16. The Bertz CT molecular complexity index is 1500. The van der Waals surface area contributed by atoms with Crippen molar-refractivity contribution in [1.82, 2.24) is 0 Å². The maximum Gasteiger partial charge on any atom is -0.00538 e. The first-order valence-corrected chi connectivity index (χ1v) is 20.9. The highest BCUT2D eigenvalue weighted by Crippen LogP contribution is 2.42. The van der Waals surface area contributed by atoms with Crippen LogP contribution in [0.15, 0.2) is 133 Å². The van der Waals surface area contributed by atoms with Crippen LogP contribution < -0.4 is 10.6 Å². The summed E-state index contributed by atoms with van der Waals surface area (Å²) in [5.41, 5.74) is 5.72. The minimum absolute atomic E-state index is 0.748. The van der Waals surface area contributed by atoms with Crippen LogP contribution in [-0.4, -0.2) is 0 Å². The molecule has 48 heavy (non-hydrogen) atoms. The van der Waals surface area contributed by atoms with Gasteiger partial charge in [-0.1, -0.05) is 234 Å². The van der Waals surface area contributed by atoms with Gasteiger partial charge in [0.05, 0.1) is 0 Å². The van der Waals surface area contributed by atoms with E-state index in [1.807, 2.05) is 83.1 Å². The van der Waals surface area contributed by atoms with Crippen molar-refractivity contribution in [3.8, 4) is 11.1 Å². The summed E-state index contributed by atoms with van der Waals surface area (Å²) in [6, 6.07) is 49.0. The van der Waals surface area contributed by atoms with Gasteiger partial charge in [-0.15, -0.1) is 0 Å². The Morgan fingerprint density at radius 2 is 0.604 bits per heavy atom. The minimum Gasteiger partial charge on any atom is -0.0859 e. The Labute approximate surface area is 299 Å². The highest BCUT2D eigenvalue weighted by atomic mass is 31.1. The standard InChI is InChI=1S/C34H28P2.6C2H6/c1-3-13-29(14-4-1)35-23-27-21-19-25-11-7-9-17-31(25)33(27)34-28(24-36-30-15-5-2-6-16-30)22-20-26-12-8-10-18-32(26)34;6*1-2/h1-22,35-36H,23-24H2;6*1-2H3. The first kappa shape index (κ1) is 44.7. The van der Waals surface area contributed by atoms with Crippen LogP contribution in [0.3, 0.4) is 0 Å². The van der Waals surface area contributed by atoms with Crippen LogP contribution in [0, 0.1) is 0 Å². The summed E-state index contributed by atoms with van der Waals surface area (Å²) in [6.45, 7) is 24.0. The van der Waals surface area contributed by atoms with Crippen molar-refractivity contribution in [2.24, 2.45) is 0 Å². The molecule has 0 aromatic heterocycles. The second-order valence-electron chi connectivity index (χ2n) is 9.08. The fraction of sp³-hybridized carbons (Fsp3) is 0.304. The molecule has 2 heteroatoms. The lowest BCUT2D eigenvalue weighted by molar-refractivity contribution is 1.39. The maximum absolute atomic E-state index is 2.37. The van der Waals surface area contributed by atoms with Crippen LogP contribution in [0.1, 0.15) is 94.2 Å². The van der Waals surface area contributed by atoms with E-state index >= 15 is 0 Å². The maximum atomic E-state index is 2.37. The summed E-state index contributed by atoms with van der Waals surface area (Å²) < 4.78 is 0. The predicted octanol–water partition coefficient (Wildman–Crippen LogP) is 14.8. The Hall–Kier alpha value is -3.30. The predicted molar refractivity (Wildman–Crippen MR) is 231 cm³/mol. The summed E-state index contributed by atoms with van der Waals surface area (Å²) >= 11 is 0. The highest BCUT2D eigenvalue weighted by molar-refractivity contribution is 7.46. The molecule has 258 valence electrons. The van der Waals surface area contributed by atoms with Gasteiger partial charge in [0.1, 0.15) is 0 Å². The highest BCUT2D eigenvalue weighted by Gasteiger charge is 2.17. The van der Waals surface area contributed by atoms with Crippen molar-refractivity contribution in [3.05, 3.63) is 145 Å². The molecule has 0 saturated carbocycles. The third kappa shape index (κ3) is 13.3. The van der Waals surface area contributed by atoms with Gasteiger partial charge in [-0.25, -0.2) is 0 Å². The molecular weight excluding hydrogens is 614 g/mol. The largest absolute Gasteiger partial charge is 0.0859 e. The zero-order valence-corrected chi connectivity index (χ0v) is 34.1. The molecule has 0 saturated heterocycles. The summed E-state index contributed by atoms with van der Waals surface area (Å²) in [4.78, 5) is 0. The molecule has 6 rings (SSSR count). The van der Waals surface area contributed by atoms with E-state index in [1.54, 1.807) is 0 Å². The molecule has 0 N–H and O–H groups in total. The quantitative estimate of drug-likeness (QED) is 0.147. The summed E-state index contributed by atoms with van der Waals surface area (Å²) in [6.07, 6.45) is 2.10. The van der Waals surface area contributed by atoms with Gasteiger partial charge in [0.25, 0.3) is 0 Å². The lowest BCUT2D eigenvalue weighted by Crippen LogP contribution is -1.99. The van der Waals surface area contributed by atoms with Crippen molar-refractivity contribution >= 4 is 49.3 Å². The van der Waals surface area contributed by atoms with E-state index < -0.39 is 0 Å². The lowest BCUT2D eigenvalue weighted by atomic mass is 9.88. The average Bonchev–Trinajstić information content (AvgIpc) is 3.21. The molecule has 0 aliphatic carbocycles. The Balaban J connectivity index is 0.00000167. The zero-order chi connectivity index (χ0) is 36.2. The third-order valence-electron chi connectivity index (χ3n) is 6.79. The van der Waals surface area contributed by atoms with E-state index in [2.05, 4.69) is 133 Å². The van der Waals surface area contributed by atoms with Crippen molar-refractivity contribution in [2.45, 2.75) is 95.4 Å². The first-order valence-electron chi connectivity index (χ1n) is 18.5. The van der Waals surface area contributed by atoms with Crippen LogP contribution in [0.4, 0.5) is 0 Å². The first-order chi connectivity index (χ1) is 23.9. The molecular formula is C46H64P2. The van der Waals surface area contributed by atoms with Crippen molar-refractivity contribution < 1.29 is 0 Å². The molecule has 0 radical (unpaired) electrons. The topological polar surface area (TPSA) is 0 Å². The van der Waals surface area contributed by atoms with E-state index in [4.69, 9.17) is 0 Å². The van der Waals surface area contributed by atoms with Crippen LogP contribution in [0.2, 0.25) is 0 Å². The van der Waals surface area contributed by atoms with Crippen LogP contribution in [-0.2, 0) is 12.3 Å². The van der Waals surface area contributed by atoms with E-state index in [9.17, 15) is 0 Å². The molecule has 0 aliphatic heterocycles. The third-order valence-corrected chi connectivity index (χ3v) is 9.39. The monoisotopic (exact) mass is 678 g/mol. The van der Waals surface area contributed by atoms with Crippen LogP contribution >= 0.6 is 17.2 Å². The normalized spacial score (nSPS) is 9.67. The van der Waals surface area contributed by atoms with Crippen LogP contribution in [0.25, 0.3) is 32.7 Å². The van der Waals surface area contributed by atoms with Gasteiger partial charge in [0.15, 0.2) is 0 Å². The van der Waals surface area contributed by atoms with Gasteiger partial charge in [-0.05, 0) is 66.7 Å². The van der Waals surface area contributed by atoms with Gasteiger partial charge in [0.2, 0.25) is 0 Å². The van der Waals surface area contributed by atoms with Gasteiger partial charge in [-0.3, -0.25) is 0 Å². The van der Waals surface area contributed by atoms with Gasteiger partial charge >= 0.3 is 0 Å². The second kappa shape index (κ2) is 28.7. The zero-order valence-electron chi connectivity index (χ0n) is 32.1. The minimum atomic E-state index is 0.748. The summed E-state index contributed by atoms with van der Waals surface area (Å²) in [7, 11) is 1.50. The Morgan fingerprint density at radius 1 is 0.312 bits per heavy atom. The van der Waals surface area contributed by atoms with E-state index in [-0.39, 0.29) is 0 Å². The number of benzene rings is 6. The van der Waals surface area contributed by atoms with E-state index in [1.165, 1.54) is 54.4 Å². The molecule has 6 aromatic carbocycles. The summed E-state index contributed by atoms with van der Waals surface area (Å²) in [5.74, 6) is 0. The fourth-order valence-corrected chi connectivity index (χ4v) is 7.26. The van der Waals surface area contributed by atoms with E-state index in [0.717, 1.165) is 29.5 Å². The molecule has 0 bridgehead atoms.